The summed E-state index contributed by atoms with van der Waals surface area (Å²) in [5.41, 5.74) is 4.12. The van der Waals surface area contributed by atoms with E-state index in [4.69, 9.17) is 4.98 Å². The van der Waals surface area contributed by atoms with E-state index in [1.165, 1.54) is 0 Å². The summed E-state index contributed by atoms with van der Waals surface area (Å²) in [6.45, 7) is 4.11. The van der Waals surface area contributed by atoms with Gasteiger partial charge in [-0.2, -0.15) is 0 Å². The van der Waals surface area contributed by atoms with E-state index < -0.39 is 5.97 Å². The van der Waals surface area contributed by atoms with Gasteiger partial charge in [-0.3, -0.25) is 9.36 Å². The van der Waals surface area contributed by atoms with Crippen molar-refractivity contribution in [3.63, 3.8) is 0 Å². The van der Waals surface area contributed by atoms with Gasteiger partial charge in [0.25, 0.3) is 5.91 Å². The number of aromatic nitrogens is 2. The number of hydrogen-bond acceptors (Lipinski definition) is 5. The van der Waals surface area contributed by atoms with Gasteiger partial charge in [0.05, 0.1) is 11.3 Å². The third-order valence-corrected chi connectivity index (χ3v) is 7.35. The number of anilines is 1. The number of carboxylic acid groups (broad SMARTS) is 1. The van der Waals surface area contributed by atoms with E-state index in [9.17, 15) is 19.8 Å². The number of benzene rings is 4. The number of phenols is 1. The molecule has 1 fully saturated rings. The van der Waals surface area contributed by atoms with Crippen LogP contribution in [0.25, 0.3) is 27.8 Å². The Hall–Kier alpha value is -5.11. The first kappa shape index (κ1) is 25.2. The lowest BCUT2D eigenvalue weighted by Crippen LogP contribution is -2.49. The minimum atomic E-state index is -0.960. The van der Waals surface area contributed by atoms with Gasteiger partial charge < -0.3 is 20.0 Å². The van der Waals surface area contributed by atoms with Crippen LogP contribution in [0.2, 0.25) is 0 Å². The number of piperazine rings is 1. The van der Waals surface area contributed by atoms with Gasteiger partial charge in [0.15, 0.2) is 0 Å². The zero-order valence-corrected chi connectivity index (χ0v) is 22.0. The SMILES string of the molecule is Cc1ccc(-c2nc(C(=O)N3CCN(c4cc(C(=O)O)c5ccccc5c4)CC3)cn2-c2cccc(O)c2)cc1. The zero-order valence-electron chi connectivity index (χ0n) is 22.0. The Bertz CT molecular complexity index is 1730. The molecule has 0 atom stereocenters. The molecule has 0 radical (unpaired) electrons. The maximum atomic E-state index is 13.6. The fraction of sp³-hybridized carbons (Fsp3) is 0.156. The molecule has 0 bridgehead atoms. The fourth-order valence-corrected chi connectivity index (χ4v) is 5.21. The van der Waals surface area contributed by atoms with Crippen molar-refractivity contribution in [3.05, 3.63) is 108 Å². The number of hydrogen-bond donors (Lipinski definition) is 2. The van der Waals surface area contributed by atoms with E-state index in [-0.39, 0.29) is 17.2 Å². The second-order valence-corrected chi connectivity index (χ2v) is 10.0. The molecule has 0 unspecified atom stereocenters. The van der Waals surface area contributed by atoms with Crippen LogP contribution in [0.3, 0.4) is 0 Å². The van der Waals surface area contributed by atoms with Crippen molar-refractivity contribution in [2.24, 2.45) is 0 Å². The van der Waals surface area contributed by atoms with Crippen LogP contribution >= 0.6 is 0 Å². The van der Waals surface area contributed by atoms with Gasteiger partial charge in [-0.25, -0.2) is 9.78 Å². The lowest BCUT2D eigenvalue weighted by atomic mass is 10.0. The zero-order chi connectivity index (χ0) is 27.8. The monoisotopic (exact) mass is 532 g/mol. The molecule has 2 N–H and O–H groups in total. The molecule has 5 aromatic rings. The molecule has 40 heavy (non-hydrogen) atoms. The summed E-state index contributed by atoms with van der Waals surface area (Å²) in [7, 11) is 0. The number of rotatable bonds is 5. The maximum Gasteiger partial charge on any atom is 0.336 e. The number of amides is 1. The van der Waals surface area contributed by atoms with Crippen LogP contribution < -0.4 is 4.90 Å². The highest BCUT2D eigenvalue weighted by atomic mass is 16.4. The van der Waals surface area contributed by atoms with Crippen molar-refractivity contribution >= 4 is 28.3 Å². The van der Waals surface area contributed by atoms with Gasteiger partial charge in [-0.05, 0) is 42.0 Å². The van der Waals surface area contributed by atoms with E-state index >= 15 is 0 Å². The smallest absolute Gasteiger partial charge is 0.336 e. The molecular formula is C32H28N4O4. The molecule has 1 aliphatic heterocycles. The third kappa shape index (κ3) is 4.75. The predicted molar refractivity (Wildman–Crippen MR) is 154 cm³/mol. The van der Waals surface area contributed by atoms with Crippen molar-refractivity contribution in [3.8, 4) is 22.8 Å². The van der Waals surface area contributed by atoms with Crippen LogP contribution in [-0.2, 0) is 0 Å². The molecule has 0 saturated carbocycles. The first-order valence-electron chi connectivity index (χ1n) is 13.1. The second kappa shape index (κ2) is 10.2. The topological polar surface area (TPSA) is 98.9 Å². The summed E-state index contributed by atoms with van der Waals surface area (Å²) >= 11 is 0. The summed E-state index contributed by atoms with van der Waals surface area (Å²) in [5.74, 6) is -0.384. The first-order valence-corrected chi connectivity index (χ1v) is 13.1. The standard InChI is InChI=1S/C32H28N4O4/c1-21-9-11-22(12-10-21)30-33-29(20-36(30)24-6-4-7-26(37)18-24)31(38)35-15-13-34(14-16-35)25-17-23-5-2-3-8-27(23)28(19-25)32(39)40/h2-12,17-20,37H,13-16H2,1H3,(H,39,40). The van der Waals surface area contributed by atoms with Gasteiger partial charge in [-0.1, -0.05) is 60.2 Å². The lowest BCUT2D eigenvalue weighted by molar-refractivity contribution is 0.0698. The molecule has 2 heterocycles. The number of nitrogens with zero attached hydrogens (tertiary/aromatic N) is 4. The van der Waals surface area contributed by atoms with E-state index in [2.05, 4.69) is 4.90 Å². The Balaban J connectivity index is 1.26. The average molecular weight is 533 g/mol. The molecule has 8 nitrogen and oxygen atoms in total. The molecule has 1 aromatic heterocycles. The van der Waals surface area contributed by atoms with Crippen molar-refractivity contribution < 1.29 is 19.8 Å². The number of fused-ring (bicyclic) bond motifs is 1. The average Bonchev–Trinajstić information content (AvgIpc) is 3.42. The molecule has 1 aliphatic rings. The predicted octanol–water partition coefficient (Wildman–Crippen LogP) is 5.37. The number of aromatic carboxylic acids is 1. The second-order valence-electron chi connectivity index (χ2n) is 10.0. The number of carbonyl (C=O) groups is 2. The van der Waals surface area contributed by atoms with E-state index in [1.807, 2.05) is 72.2 Å². The van der Waals surface area contributed by atoms with E-state index in [0.717, 1.165) is 22.2 Å². The molecule has 1 amide bonds. The van der Waals surface area contributed by atoms with Crippen LogP contribution in [0.5, 0.6) is 5.75 Å². The van der Waals surface area contributed by atoms with Gasteiger partial charge in [0.2, 0.25) is 0 Å². The molecule has 0 spiro atoms. The number of carboxylic acids is 1. The minimum absolute atomic E-state index is 0.129. The fourth-order valence-electron chi connectivity index (χ4n) is 5.21. The summed E-state index contributed by atoms with van der Waals surface area (Å²) < 4.78 is 1.83. The Morgan fingerprint density at radius 3 is 2.30 bits per heavy atom. The van der Waals surface area contributed by atoms with Gasteiger partial charge >= 0.3 is 5.97 Å². The maximum absolute atomic E-state index is 13.6. The third-order valence-electron chi connectivity index (χ3n) is 7.35. The molecule has 200 valence electrons. The van der Waals surface area contributed by atoms with E-state index in [0.29, 0.717) is 48.8 Å². The van der Waals surface area contributed by atoms with Gasteiger partial charge in [0, 0.05) is 49.7 Å². The highest BCUT2D eigenvalue weighted by Crippen LogP contribution is 2.29. The highest BCUT2D eigenvalue weighted by Gasteiger charge is 2.26. The number of imidazole rings is 1. The minimum Gasteiger partial charge on any atom is -0.508 e. The number of phenolic OH excluding ortho intramolecular Hbond substituents is 1. The summed E-state index contributed by atoms with van der Waals surface area (Å²) in [6, 6.07) is 26.0. The van der Waals surface area contributed by atoms with Crippen molar-refractivity contribution in [2.75, 3.05) is 31.1 Å². The van der Waals surface area contributed by atoms with Crippen LogP contribution in [0.1, 0.15) is 26.4 Å². The number of aromatic hydroxyl groups is 1. The number of aryl methyl sites for hydroxylation is 1. The van der Waals surface area contributed by atoms with E-state index in [1.54, 1.807) is 35.4 Å². The molecule has 1 saturated heterocycles. The van der Waals surface area contributed by atoms with Gasteiger partial charge in [-0.15, -0.1) is 0 Å². The quantitative estimate of drug-likeness (QED) is 0.316. The van der Waals surface area contributed by atoms with Gasteiger partial charge in [0.1, 0.15) is 17.3 Å². The van der Waals surface area contributed by atoms with Crippen LogP contribution in [-0.4, -0.2) is 62.7 Å². The van der Waals surface area contributed by atoms with Crippen LogP contribution in [0.15, 0.2) is 91.1 Å². The van der Waals surface area contributed by atoms with Crippen LogP contribution in [0, 0.1) is 6.92 Å². The largest absolute Gasteiger partial charge is 0.508 e. The van der Waals surface area contributed by atoms with Crippen molar-refractivity contribution in [2.45, 2.75) is 6.92 Å². The number of carbonyl (C=O) groups excluding carboxylic acids is 1. The summed E-state index contributed by atoms with van der Waals surface area (Å²) in [6.07, 6.45) is 1.72. The van der Waals surface area contributed by atoms with Crippen molar-refractivity contribution in [1.82, 2.24) is 14.5 Å². The summed E-state index contributed by atoms with van der Waals surface area (Å²) in [5, 5.41) is 21.4. The molecule has 6 rings (SSSR count). The van der Waals surface area contributed by atoms with Crippen molar-refractivity contribution in [1.29, 1.82) is 0 Å². The Kier molecular flexibility index (Phi) is 6.43. The normalized spacial score (nSPS) is 13.5. The van der Waals surface area contributed by atoms with Crippen LogP contribution in [0.4, 0.5) is 5.69 Å². The lowest BCUT2D eigenvalue weighted by Gasteiger charge is -2.36. The molecule has 4 aromatic carbocycles. The molecule has 0 aliphatic carbocycles. The molecule has 8 heteroatoms. The Labute approximate surface area is 231 Å². The Morgan fingerprint density at radius 2 is 1.57 bits per heavy atom. The first-order chi connectivity index (χ1) is 19.4. The highest BCUT2D eigenvalue weighted by molar-refractivity contribution is 6.05. The molecular weight excluding hydrogens is 504 g/mol. The summed E-state index contributed by atoms with van der Waals surface area (Å²) in [4.78, 5) is 34.2. The Morgan fingerprint density at radius 1 is 0.825 bits per heavy atom.